The Kier molecular flexibility index (Phi) is 8.06. The van der Waals surface area contributed by atoms with Gasteiger partial charge in [0, 0.05) is 31.1 Å². The van der Waals surface area contributed by atoms with E-state index in [1.54, 1.807) is 12.1 Å². The van der Waals surface area contributed by atoms with Crippen LogP contribution in [0.2, 0.25) is 5.02 Å². The molecule has 1 saturated heterocycles. The Labute approximate surface area is 205 Å². The van der Waals surface area contributed by atoms with E-state index >= 15 is 0 Å². The summed E-state index contributed by atoms with van der Waals surface area (Å²) in [6, 6.07) is 7.69. The van der Waals surface area contributed by atoms with Gasteiger partial charge in [0.2, 0.25) is 0 Å². The predicted octanol–water partition coefficient (Wildman–Crippen LogP) is 4.69. The number of carbonyl (C=O) groups is 1. The number of anilines is 3. The van der Waals surface area contributed by atoms with Gasteiger partial charge in [0.25, 0.3) is 5.91 Å². The summed E-state index contributed by atoms with van der Waals surface area (Å²) in [5.74, 6) is -2.21. The number of halogens is 3. The van der Waals surface area contributed by atoms with Gasteiger partial charge in [-0.05, 0) is 24.6 Å². The zero-order valence-corrected chi connectivity index (χ0v) is 19.6. The molecule has 11 heteroatoms. The van der Waals surface area contributed by atoms with Crippen molar-refractivity contribution in [1.29, 1.82) is 0 Å². The molecule has 1 aliphatic rings. The number of fused-ring (bicyclic) bond motifs is 1. The summed E-state index contributed by atoms with van der Waals surface area (Å²) < 4.78 is 39.1. The summed E-state index contributed by atoms with van der Waals surface area (Å²) in [6.07, 6.45) is 2.06. The first-order chi connectivity index (χ1) is 16.9. The molecule has 2 aromatic carbocycles. The minimum absolute atomic E-state index is 0.0458. The number of aromatic nitrogens is 2. The van der Waals surface area contributed by atoms with E-state index in [-0.39, 0.29) is 22.2 Å². The number of rotatable bonds is 9. The van der Waals surface area contributed by atoms with Crippen LogP contribution in [0.5, 0.6) is 5.75 Å². The predicted molar refractivity (Wildman–Crippen MR) is 130 cm³/mol. The lowest BCUT2D eigenvalue weighted by Crippen LogP contribution is -2.37. The summed E-state index contributed by atoms with van der Waals surface area (Å²) in [7, 11) is 0. The van der Waals surface area contributed by atoms with Gasteiger partial charge in [-0.15, -0.1) is 0 Å². The van der Waals surface area contributed by atoms with Crippen LogP contribution >= 0.6 is 11.6 Å². The summed E-state index contributed by atoms with van der Waals surface area (Å²) in [5, 5.41) is 5.76. The smallest absolute Gasteiger partial charge is 0.283 e. The number of carbonyl (C=O) groups excluding carboxylic acids is 1. The van der Waals surface area contributed by atoms with Crippen LogP contribution in [0.15, 0.2) is 49.1 Å². The highest BCUT2D eigenvalue weighted by atomic mass is 35.5. The normalized spacial score (nSPS) is 14.0. The van der Waals surface area contributed by atoms with Gasteiger partial charge in [-0.2, -0.15) is 0 Å². The highest BCUT2D eigenvalue weighted by Crippen LogP contribution is 2.34. The SMILES string of the molecule is C=C(F)C(=O)Nc1cc2c(Nc3cccc(Cl)c3F)ncnc2cc1OCCCN1CCOCC1. The Morgan fingerprint density at radius 3 is 2.80 bits per heavy atom. The Morgan fingerprint density at radius 1 is 1.23 bits per heavy atom. The molecule has 0 aliphatic carbocycles. The molecule has 2 N–H and O–H groups in total. The van der Waals surface area contributed by atoms with Gasteiger partial charge in [0.1, 0.15) is 17.9 Å². The molecule has 3 aromatic rings. The minimum Gasteiger partial charge on any atom is -0.491 e. The molecule has 0 radical (unpaired) electrons. The molecule has 1 amide bonds. The lowest BCUT2D eigenvalue weighted by Gasteiger charge is -2.26. The first kappa shape index (κ1) is 24.8. The van der Waals surface area contributed by atoms with Gasteiger partial charge in [-0.1, -0.05) is 24.2 Å². The zero-order chi connectivity index (χ0) is 24.8. The molecule has 4 rings (SSSR count). The van der Waals surface area contributed by atoms with E-state index in [0.717, 1.165) is 26.1 Å². The summed E-state index contributed by atoms with van der Waals surface area (Å²) in [6.45, 7) is 7.40. The van der Waals surface area contributed by atoms with Crippen molar-refractivity contribution in [2.75, 3.05) is 50.1 Å². The number of nitrogens with zero attached hydrogens (tertiary/aromatic N) is 3. The first-order valence-electron chi connectivity index (χ1n) is 11.0. The van der Waals surface area contributed by atoms with E-state index < -0.39 is 17.6 Å². The Morgan fingerprint density at radius 2 is 2.03 bits per heavy atom. The summed E-state index contributed by atoms with van der Waals surface area (Å²) in [4.78, 5) is 22.8. The molecule has 1 aromatic heterocycles. The molecule has 0 unspecified atom stereocenters. The van der Waals surface area contributed by atoms with E-state index in [1.165, 1.54) is 24.5 Å². The van der Waals surface area contributed by atoms with Crippen LogP contribution in [0.4, 0.5) is 26.0 Å². The Bertz CT molecular complexity index is 1240. The third-order valence-electron chi connectivity index (χ3n) is 5.42. The van der Waals surface area contributed by atoms with Crippen molar-refractivity contribution in [2.24, 2.45) is 0 Å². The maximum atomic E-state index is 14.4. The first-order valence-corrected chi connectivity index (χ1v) is 11.4. The van der Waals surface area contributed by atoms with Crippen molar-refractivity contribution in [3.63, 3.8) is 0 Å². The van der Waals surface area contributed by atoms with Crippen molar-refractivity contribution in [1.82, 2.24) is 14.9 Å². The van der Waals surface area contributed by atoms with E-state index in [1.807, 2.05) is 0 Å². The highest BCUT2D eigenvalue weighted by molar-refractivity contribution is 6.31. The maximum Gasteiger partial charge on any atom is 0.283 e. The average Bonchev–Trinajstić information content (AvgIpc) is 2.85. The zero-order valence-electron chi connectivity index (χ0n) is 18.8. The lowest BCUT2D eigenvalue weighted by molar-refractivity contribution is -0.114. The van der Waals surface area contributed by atoms with E-state index in [2.05, 4.69) is 32.1 Å². The van der Waals surface area contributed by atoms with Gasteiger partial charge in [-0.25, -0.2) is 18.7 Å². The van der Waals surface area contributed by atoms with Crippen LogP contribution in [-0.4, -0.2) is 60.2 Å². The average molecular weight is 504 g/mol. The fourth-order valence-corrected chi connectivity index (χ4v) is 3.79. The topological polar surface area (TPSA) is 88.6 Å². The number of nitrogens with one attached hydrogen (secondary N) is 2. The lowest BCUT2D eigenvalue weighted by atomic mass is 10.1. The van der Waals surface area contributed by atoms with E-state index in [4.69, 9.17) is 21.1 Å². The van der Waals surface area contributed by atoms with Gasteiger partial charge in [-0.3, -0.25) is 9.69 Å². The van der Waals surface area contributed by atoms with Crippen molar-refractivity contribution in [3.8, 4) is 5.75 Å². The Hall–Kier alpha value is -3.34. The van der Waals surface area contributed by atoms with Crippen LogP contribution < -0.4 is 15.4 Å². The summed E-state index contributed by atoms with van der Waals surface area (Å²) in [5.41, 5.74) is 0.797. The second kappa shape index (κ2) is 11.4. The van der Waals surface area contributed by atoms with Gasteiger partial charge in [0.05, 0.1) is 41.7 Å². The van der Waals surface area contributed by atoms with Crippen molar-refractivity contribution < 1.29 is 23.0 Å². The molecule has 35 heavy (non-hydrogen) atoms. The third-order valence-corrected chi connectivity index (χ3v) is 5.71. The molecular weight excluding hydrogens is 480 g/mol. The number of hydrogen-bond acceptors (Lipinski definition) is 7. The van der Waals surface area contributed by atoms with Gasteiger partial charge in [0.15, 0.2) is 11.6 Å². The number of benzene rings is 2. The number of ether oxygens (including phenoxy) is 2. The standard InChI is InChI=1S/C24H24ClF2N5O3/c1-15(26)24(33)31-20-12-16-19(13-21(20)35-9-3-6-32-7-10-34-11-8-32)28-14-29-23(16)30-18-5-2-4-17(25)22(18)27/h2,4-5,12-14H,1,3,6-11H2,(H,31,33)(H,28,29,30). The van der Waals surface area contributed by atoms with Crippen LogP contribution in [0.3, 0.4) is 0 Å². The molecule has 0 atom stereocenters. The van der Waals surface area contributed by atoms with Crippen molar-refractivity contribution >= 4 is 45.6 Å². The van der Waals surface area contributed by atoms with Gasteiger partial charge < -0.3 is 20.1 Å². The second-order valence-corrected chi connectivity index (χ2v) is 8.24. The molecular formula is C24H24ClF2N5O3. The minimum atomic E-state index is -1.15. The molecule has 0 bridgehead atoms. The largest absolute Gasteiger partial charge is 0.491 e. The second-order valence-electron chi connectivity index (χ2n) is 7.83. The maximum absolute atomic E-state index is 14.4. The number of hydrogen-bond donors (Lipinski definition) is 2. The molecule has 0 saturated carbocycles. The molecule has 2 heterocycles. The molecule has 1 aliphatic heterocycles. The highest BCUT2D eigenvalue weighted by Gasteiger charge is 2.17. The fourth-order valence-electron chi connectivity index (χ4n) is 3.61. The van der Waals surface area contributed by atoms with Crippen molar-refractivity contribution in [2.45, 2.75) is 6.42 Å². The number of amides is 1. The van der Waals surface area contributed by atoms with E-state index in [9.17, 15) is 13.6 Å². The summed E-state index contributed by atoms with van der Waals surface area (Å²) >= 11 is 5.88. The fraction of sp³-hybridized carbons (Fsp3) is 0.292. The third kappa shape index (κ3) is 6.21. The monoisotopic (exact) mass is 503 g/mol. The molecule has 0 spiro atoms. The van der Waals surface area contributed by atoms with E-state index in [0.29, 0.717) is 36.5 Å². The molecule has 8 nitrogen and oxygen atoms in total. The Balaban J connectivity index is 1.59. The van der Waals surface area contributed by atoms with Crippen LogP contribution in [0, 0.1) is 5.82 Å². The quantitative estimate of drug-likeness (QED) is 0.323. The van der Waals surface area contributed by atoms with Crippen molar-refractivity contribution in [3.05, 3.63) is 59.9 Å². The molecule has 1 fully saturated rings. The van der Waals surface area contributed by atoms with Crippen LogP contribution in [0.25, 0.3) is 10.9 Å². The number of morpholine rings is 1. The van der Waals surface area contributed by atoms with Crippen LogP contribution in [0.1, 0.15) is 6.42 Å². The van der Waals surface area contributed by atoms with Gasteiger partial charge >= 0.3 is 0 Å². The van der Waals surface area contributed by atoms with Crippen LogP contribution in [-0.2, 0) is 9.53 Å². The molecule has 184 valence electrons.